The largest absolute Gasteiger partial charge is 0.420 e. The molecule has 0 spiro atoms. The highest BCUT2D eigenvalue weighted by molar-refractivity contribution is 6.04. The lowest BCUT2D eigenvalue weighted by Gasteiger charge is -2.32. The molecule has 1 unspecified atom stereocenters. The molecule has 4 heteroatoms. The standard InChI is InChI=1S/C26H23N2O2/c29-25-16-15-23(19-9-3-1-4-10-19)28(25)24(20-11-5-2-6-12-20)18-27-17-21-13-7-8-14-22(21)26(27)30/h1-14,17,23-24H,15-16,18H2/q+1/t23?,24-/m0/s1. The average molecular weight is 395 g/mol. The van der Waals surface area contributed by atoms with Crippen molar-refractivity contribution in [3.05, 3.63) is 107 Å². The molecule has 1 saturated heterocycles. The highest BCUT2D eigenvalue weighted by Gasteiger charge is 2.42. The Morgan fingerprint density at radius 1 is 0.867 bits per heavy atom. The van der Waals surface area contributed by atoms with Crippen LogP contribution in [0.2, 0.25) is 0 Å². The molecule has 5 rings (SSSR count). The number of hydrogen-bond acceptors (Lipinski definition) is 2. The molecular weight excluding hydrogens is 372 g/mol. The molecule has 0 aliphatic carbocycles. The van der Waals surface area contributed by atoms with Crippen molar-refractivity contribution in [2.24, 2.45) is 0 Å². The second-order valence-electron chi connectivity index (χ2n) is 7.87. The fourth-order valence-electron chi connectivity index (χ4n) is 4.63. The zero-order valence-electron chi connectivity index (χ0n) is 16.6. The van der Waals surface area contributed by atoms with E-state index in [2.05, 4.69) is 12.1 Å². The lowest BCUT2D eigenvalue weighted by Crippen LogP contribution is -2.38. The predicted octanol–water partition coefficient (Wildman–Crippen LogP) is 4.38. The van der Waals surface area contributed by atoms with E-state index in [9.17, 15) is 9.59 Å². The second kappa shape index (κ2) is 7.71. The number of benzene rings is 3. The Bertz CT molecular complexity index is 1120. The Morgan fingerprint density at radius 3 is 2.27 bits per heavy atom. The van der Waals surface area contributed by atoms with Gasteiger partial charge < -0.3 is 4.90 Å². The van der Waals surface area contributed by atoms with Crippen LogP contribution < -0.4 is 0 Å². The third-order valence-corrected chi connectivity index (χ3v) is 6.08. The number of fused-ring (bicyclic) bond motifs is 1. The Hall–Kier alpha value is -3.53. The van der Waals surface area contributed by atoms with Gasteiger partial charge in [-0.05, 0) is 29.7 Å². The van der Waals surface area contributed by atoms with Crippen LogP contribution in [-0.4, -0.2) is 34.0 Å². The van der Waals surface area contributed by atoms with Gasteiger partial charge in [0.25, 0.3) is 0 Å². The Labute approximate surface area is 176 Å². The molecule has 0 bridgehead atoms. The molecule has 2 atom stereocenters. The smallest absolute Gasteiger partial charge is 0.322 e. The zero-order chi connectivity index (χ0) is 20.5. The van der Waals surface area contributed by atoms with Crippen LogP contribution in [0.4, 0.5) is 0 Å². The molecule has 0 saturated carbocycles. The summed E-state index contributed by atoms with van der Waals surface area (Å²) in [6, 6.07) is 27.7. The maximum Gasteiger partial charge on any atom is 0.420 e. The molecular formula is C26H23N2O2+. The molecule has 2 aliphatic rings. The highest BCUT2D eigenvalue weighted by Crippen LogP contribution is 2.39. The van der Waals surface area contributed by atoms with E-state index in [-0.39, 0.29) is 23.9 Å². The van der Waals surface area contributed by atoms with Crippen molar-refractivity contribution in [1.82, 2.24) is 4.90 Å². The molecule has 3 aromatic rings. The summed E-state index contributed by atoms with van der Waals surface area (Å²) in [4.78, 5) is 28.1. The van der Waals surface area contributed by atoms with Crippen molar-refractivity contribution in [2.45, 2.75) is 24.9 Å². The lowest BCUT2D eigenvalue weighted by atomic mass is 10.00. The van der Waals surface area contributed by atoms with E-state index in [0.717, 1.165) is 28.7 Å². The van der Waals surface area contributed by atoms with Gasteiger partial charge in [0.1, 0.15) is 11.6 Å². The third-order valence-electron chi connectivity index (χ3n) is 6.08. The van der Waals surface area contributed by atoms with Crippen LogP contribution in [0.5, 0.6) is 0 Å². The Balaban J connectivity index is 1.53. The summed E-state index contributed by atoms with van der Waals surface area (Å²) in [5, 5.41) is 0. The molecule has 2 aliphatic heterocycles. The van der Waals surface area contributed by atoms with Crippen molar-refractivity contribution in [3.8, 4) is 0 Å². The molecule has 3 aromatic carbocycles. The van der Waals surface area contributed by atoms with Crippen LogP contribution in [0.3, 0.4) is 0 Å². The maximum absolute atomic E-state index is 13.1. The van der Waals surface area contributed by atoms with Crippen LogP contribution in [0.15, 0.2) is 84.9 Å². The van der Waals surface area contributed by atoms with Gasteiger partial charge in [0, 0.05) is 6.42 Å². The van der Waals surface area contributed by atoms with Crippen LogP contribution in [0, 0.1) is 0 Å². The molecule has 2 heterocycles. The van der Waals surface area contributed by atoms with Crippen molar-refractivity contribution in [3.63, 3.8) is 0 Å². The van der Waals surface area contributed by atoms with Crippen molar-refractivity contribution in [2.75, 3.05) is 6.54 Å². The first-order valence-corrected chi connectivity index (χ1v) is 10.4. The van der Waals surface area contributed by atoms with E-state index in [1.54, 1.807) is 4.58 Å². The van der Waals surface area contributed by atoms with Crippen LogP contribution in [-0.2, 0) is 4.79 Å². The monoisotopic (exact) mass is 395 g/mol. The van der Waals surface area contributed by atoms with E-state index >= 15 is 0 Å². The summed E-state index contributed by atoms with van der Waals surface area (Å²) >= 11 is 0. The van der Waals surface area contributed by atoms with E-state index in [0.29, 0.717) is 13.0 Å². The summed E-state index contributed by atoms with van der Waals surface area (Å²) in [6.45, 7) is 0.437. The molecule has 148 valence electrons. The molecule has 0 aromatic heterocycles. The minimum absolute atomic E-state index is 0.00515. The number of carbonyl (C=O) groups excluding carboxylic acids is 2. The molecule has 2 amide bonds. The van der Waals surface area contributed by atoms with Crippen LogP contribution in [0.25, 0.3) is 0 Å². The maximum atomic E-state index is 13.1. The van der Waals surface area contributed by atoms with Crippen molar-refractivity contribution < 1.29 is 14.2 Å². The molecule has 1 fully saturated rings. The summed E-state index contributed by atoms with van der Waals surface area (Å²) in [6.07, 6.45) is 3.23. The van der Waals surface area contributed by atoms with Crippen LogP contribution >= 0.6 is 0 Å². The number of rotatable bonds is 5. The third kappa shape index (κ3) is 3.24. The first-order chi connectivity index (χ1) is 14.7. The quantitative estimate of drug-likeness (QED) is 0.602. The Morgan fingerprint density at radius 2 is 1.53 bits per heavy atom. The second-order valence-corrected chi connectivity index (χ2v) is 7.87. The minimum atomic E-state index is -0.207. The molecule has 0 N–H and O–H groups in total. The topological polar surface area (TPSA) is 40.4 Å². The van der Waals surface area contributed by atoms with Gasteiger partial charge in [-0.15, -0.1) is 0 Å². The van der Waals surface area contributed by atoms with Gasteiger partial charge >= 0.3 is 5.91 Å². The zero-order valence-corrected chi connectivity index (χ0v) is 16.6. The fourth-order valence-corrected chi connectivity index (χ4v) is 4.63. The number of amides is 2. The first-order valence-electron chi connectivity index (χ1n) is 10.4. The van der Waals surface area contributed by atoms with E-state index in [1.807, 2.05) is 83.9 Å². The summed E-state index contributed by atoms with van der Waals surface area (Å²) in [5.74, 6) is 0.135. The SMILES string of the molecule is O=C1CCC(c2ccccc2)N1[C@@H](C[N+]1=Cc2ccccc2C1=O)c1ccccc1. The molecule has 4 nitrogen and oxygen atoms in total. The molecule has 30 heavy (non-hydrogen) atoms. The number of nitrogens with zero attached hydrogens (tertiary/aromatic N) is 2. The Kier molecular flexibility index (Phi) is 4.75. The fraction of sp³-hybridized carbons (Fsp3) is 0.192. The van der Waals surface area contributed by atoms with Gasteiger partial charge in [-0.25, -0.2) is 4.79 Å². The van der Waals surface area contributed by atoms with E-state index in [1.165, 1.54) is 0 Å². The van der Waals surface area contributed by atoms with Gasteiger partial charge in [-0.1, -0.05) is 72.8 Å². The summed E-state index contributed by atoms with van der Waals surface area (Å²) < 4.78 is 1.76. The number of likely N-dealkylation sites (tertiary alicyclic amines) is 1. The van der Waals surface area contributed by atoms with Gasteiger partial charge in [-0.2, -0.15) is 4.58 Å². The molecule has 0 radical (unpaired) electrons. The number of carbonyl (C=O) groups is 2. The van der Waals surface area contributed by atoms with E-state index < -0.39 is 0 Å². The minimum Gasteiger partial charge on any atom is -0.322 e. The summed E-state index contributed by atoms with van der Waals surface area (Å²) in [5.41, 5.74) is 3.84. The van der Waals surface area contributed by atoms with Gasteiger partial charge in [0.15, 0.2) is 12.8 Å². The lowest BCUT2D eigenvalue weighted by molar-refractivity contribution is -0.429. The van der Waals surface area contributed by atoms with E-state index in [4.69, 9.17) is 0 Å². The predicted molar refractivity (Wildman–Crippen MR) is 116 cm³/mol. The average Bonchev–Trinajstić information content (AvgIpc) is 3.33. The van der Waals surface area contributed by atoms with Gasteiger partial charge in [0.2, 0.25) is 5.91 Å². The van der Waals surface area contributed by atoms with Crippen molar-refractivity contribution in [1.29, 1.82) is 0 Å². The highest BCUT2D eigenvalue weighted by atomic mass is 16.2. The van der Waals surface area contributed by atoms with Gasteiger partial charge in [0.05, 0.1) is 11.6 Å². The number of hydrogen-bond donors (Lipinski definition) is 0. The normalized spacial score (nSPS) is 19.0. The first kappa shape index (κ1) is 18.5. The van der Waals surface area contributed by atoms with Gasteiger partial charge in [-0.3, -0.25) is 4.79 Å². The van der Waals surface area contributed by atoms with Crippen molar-refractivity contribution >= 4 is 18.0 Å². The summed E-state index contributed by atoms with van der Waals surface area (Å²) in [7, 11) is 0. The van der Waals surface area contributed by atoms with Crippen LogP contribution in [0.1, 0.15) is 52.0 Å².